The average Bonchev–Trinajstić information content (AvgIpc) is 2.35. The molecule has 0 amide bonds. The van der Waals surface area contributed by atoms with Gasteiger partial charge < -0.3 is 5.32 Å². The Labute approximate surface area is 100 Å². The summed E-state index contributed by atoms with van der Waals surface area (Å²) >= 11 is 0. The highest BCUT2D eigenvalue weighted by molar-refractivity contribution is 7.57. The highest BCUT2D eigenvalue weighted by atomic mass is 31.1. The highest BCUT2D eigenvalue weighted by Crippen LogP contribution is 2.33. The predicted molar refractivity (Wildman–Crippen MR) is 75.7 cm³/mol. The van der Waals surface area contributed by atoms with Gasteiger partial charge in [-0.25, -0.2) is 0 Å². The van der Waals surface area contributed by atoms with Crippen molar-refractivity contribution in [2.24, 2.45) is 0 Å². The van der Waals surface area contributed by atoms with E-state index in [9.17, 15) is 0 Å². The van der Waals surface area contributed by atoms with E-state index in [0.29, 0.717) is 0 Å². The zero-order valence-electron chi connectivity index (χ0n) is 10.2. The molecule has 1 aromatic rings. The Hall–Kier alpha value is -0.990. The lowest BCUT2D eigenvalue weighted by molar-refractivity contribution is 1.20. The topological polar surface area (TPSA) is 12.0 Å². The van der Waals surface area contributed by atoms with Crippen molar-refractivity contribution in [1.82, 2.24) is 0 Å². The van der Waals surface area contributed by atoms with Crippen LogP contribution >= 0.6 is 7.92 Å². The second-order valence-electron chi connectivity index (χ2n) is 3.68. The summed E-state index contributed by atoms with van der Waals surface area (Å²) in [5.41, 5.74) is 2.08. The first kappa shape index (κ1) is 13.1. The van der Waals surface area contributed by atoms with Crippen LogP contribution in [0.25, 0.3) is 0 Å². The molecule has 0 saturated carbocycles. The molecule has 0 aliphatic carbocycles. The quantitative estimate of drug-likeness (QED) is 0.584. The summed E-state index contributed by atoms with van der Waals surface area (Å²) in [6, 6.07) is 8.05. The number of rotatable bonds is 6. The third kappa shape index (κ3) is 4.25. The number of hydrogen-bond donors (Lipinski definition) is 1. The van der Waals surface area contributed by atoms with Crippen molar-refractivity contribution in [3.8, 4) is 12.3 Å². The molecule has 0 heterocycles. The maximum Gasteiger partial charge on any atom is 0.0352 e. The largest absolute Gasteiger partial charge is 0.385 e. The molecule has 0 atom stereocenters. The molecule has 0 saturated heterocycles. The summed E-state index contributed by atoms with van der Waals surface area (Å²) in [5, 5.41) is 3.44. The van der Waals surface area contributed by atoms with Crippen molar-refractivity contribution in [1.29, 1.82) is 0 Å². The summed E-state index contributed by atoms with van der Waals surface area (Å²) in [6.07, 6.45) is 9.32. The molecular weight excluding hydrogens is 213 g/mol. The van der Waals surface area contributed by atoms with Crippen LogP contribution < -0.4 is 5.32 Å². The van der Waals surface area contributed by atoms with E-state index in [0.717, 1.165) is 17.8 Å². The maximum absolute atomic E-state index is 5.36. The van der Waals surface area contributed by atoms with E-state index < -0.39 is 0 Å². The standard InChI is InChI=1S/C14H20NP/c1-4-13-8-7-9-14(12-13)15-10-11-16(5-2)6-3/h1,7-9,12,15H,5-6,10-11H2,2-3H3. The van der Waals surface area contributed by atoms with E-state index in [1.165, 1.54) is 18.5 Å². The van der Waals surface area contributed by atoms with Gasteiger partial charge in [0.25, 0.3) is 0 Å². The summed E-state index contributed by atoms with van der Waals surface area (Å²) in [6.45, 7) is 5.63. The van der Waals surface area contributed by atoms with Crippen molar-refractivity contribution >= 4 is 13.6 Å². The lowest BCUT2D eigenvalue weighted by Gasteiger charge is -2.14. The number of anilines is 1. The lowest BCUT2D eigenvalue weighted by Crippen LogP contribution is -2.06. The lowest BCUT2D eigenvalue weighted by atomic mass is 10.2. The molecule has 0 spiro atoms. The van der Waals surface area contributed by atoms with Crippen molar-refractivity contribution in [3.05, 3.63) is 29.8 Å². The zero-order chi connectivity index (χ0) is 11.8. The van der Waals surface area contributed by atoms with Gasteiger partial charge in [-0.15, -0.1) is 14.3 Å². The predicted octanol–water partition coefficient (Wildman–Crippen LogP) is 3.60. The molecule has 1 N–H and O–H groups in total. The van der Waals surface area contributed by atoms with E-state index in [1.807, 2.05) is 18.2 Å². The van der Waals surface area contributed by atoms with Crippen LogP contribution in [0.5, 0.6) is 0 Å². The summed E-state index contributed by atoms with van der Waals surface area (Å²) in [5.74, 6) is 2.65. The number of terminal acetylenes is 1. The molecule has 16 heavy (non-hydrogen) atoms. The second kappa shape index (κ2) is 7.31. The van der Waals surface area contributed by atoms with Gasteiger partial charge in [0.1, 0.15) is 0 Å². The van der Waals surface area contributed by atoms with Crippen LogP contribution in [0.15, 0.2) is 24.3 Å². The van der Waals surface area contributed by atoms with E-state index in [1.54, 1.807) is 0 Å². The van der Waals surface area contributed by atoms with Gasteiger partial charge in [-0.2, -0.15) is 0 Å². The van der Waals surface area contributed by atoms with E-state index in [2.05, 4.69) is 31.2 Å². The van der Waals surface area contributed by atoms with Crippen LogP contribution in [0, 0.1) is 12.3 Å². The normalized spacial score (nSPS) is 10.1. The second-order valence-corrected chi connectivity index (χ2v) is 6.73. The Balaban J connectivity index is 2.40. The van der Waals surface area contributed by atoms with Crippen LogP contribution in [0.3, 0.4) is 0 Å². The molecule has 1 aromatic carbocycles. The minimum atomic E-state index is 0.233. The first-order valence-electron chi connectivity index (χ1n) is 5.83. The fourth-order valence-electron chi connectivity index (χ4n) is 1.62. The van der Waals surface area contributed by atoms with Crippen LogP contribution in [0.2, 0.25) is 0 Å². The van der Waals surface area contributed by atoms with Crippen molar-refractivity contribution < 1.29 is 0 Å². The van der Waals surface area contributed by atoms with Gasteiger partial charge in [0.15, 0.2) is 0 Å². The molecule has 0 aromatic heterocycles. The first-order chi connectivity index (χ1) is 7.80. The molecule has 86 valence electrons. The van der Waals surface area contributed by atoms with Crippen LogP contribution in [-0.4, -0.2) is 25.0 Å². The van der Waals surface area contributed by atoms with Crippen LogP contribution in [-0.2, 0) is 0 Å². The molecule has 0 aliphatic rings. The fraction of sp³-hybridized carbons (Fsp3) is 0.429. The number of hydrogen-bond acceptors (Lipinski definition) is 1. The molecule has 1 nitrogen and oxygen atoms in total. The monoisotopic (exact) mass is 233 g/mol. The SMILES string of the molecule is C#Cc1cccc(NCCP(CC)CC)c1. The van der Waals surface area contributed by atoms with E-state index in [4.69, 9.17) is 6.42 Å². The van der Waals surface area contributed by atoms with Gasteiger partial charge in [-0.1, -0.05) is 25.8 Å². The number of nitrogens with one attached hydrogen (secondary N) is 1. The Kier molecular flexibility index (Phi) is 5.98. The Bertz CT molecular complexity index is 350. The summed E-state index contributed by atoms with van der Waals surface area (Å²) in [4.78, 5) is 0. The molecule has 0 radical (unpaired) electrons. The molecule has 0 aliphatic heterocycles. The molecule has 2 heteroatoms. The number of benzene rings is 1. The Morgan fingerprint density at radius 2 is 2.06 bits per heavy atom. The summed E-state index contributed by atoms with van der Waals surface area (Å²) in [7, 11) is 0.233. The third-order valence-corrected chi connectivity index (χ3v) is 5.33. The average molecular weight is 233 g/mol. The van der Waals surface area contributed by atoms with Gasteiger partial charge in [0.05, 0.1) is 0 Å². The van der Waals surface area contributed by atoms with E-state index >= 15 is 0 Å². The Morgan fingerprint density at radius 3 is 2.69 bits per heavy atom. The summed E-state index contributed by atoms with van der Waals surface area (Å²) < 4.78 is 0. The van der Waals surface area contributed by atoms with Gasteiger partial charge in [0, 0.05) is 17.8 Å². The minimum Gasteiger partial charge on any atom is -0.385 e. The minimum absolute atomic E-state index is 0.233. The molecular formula is C14H20NP. The van der Waals surface area contributed by atoms with Crippen molar-refractivity contribution in [3.63, 3.8) is 0 Å². The van der Waals surface area contributed by atoms with Crippen molar-refractivity contribution in [2.75, 3.05) is 30.3 Å². The molecule has 1 rings (SSSR count). The third-order valence-electron chi connectivity index (χ3n) is 2.68. The molecule has 0 bridgehead atoms. The smallest absolute Gasteiger partial charge is 0.0352 e. The maximum atomic E-state index is 5.36. The van der Waals surface area contributed by atoms with Crippen LogP contribution in [0.1, 0.15) is 19.4 Å². The van der Waals surface area contributed by atoms with Gasteiger partial charge in [-0.3, -0.25) is 0 Å². The van der Waals surface area contributed by atoms with Gasteiger partial charge in [0.2, 0.25) is 0 Å². The zero-order valence-corrected chi connectivity index (χ0v) is 11.1. The van der Waals surface area contributed by atoms with Crippen LogP contribution in [0.4, 0.5) is 5.69 Å². The Morgan fingerprint density at radius 1 is 1.31 bits per heavy atom. The molecule has 0 unspecified atom stereocenters. The first-order valence-corrected chi connectivity index (χ1v) is 7.72. The van der Waals surface area contributed by atoms with Gasteiger partial charge >= 0.3 is 0 Å². The molecule has 0 fully saturated rings. The van der Waals surface area contributed by atoms with E-state index in [-0.39, 0.29) is 7.92 Å². The van der Waals surface area contributed by atoms with Gasteiger partial charge in [-0.05, 0) is 36.7 Å². The fourth-order valence-corrected chi connectivity index (χ4v) is 3.12. The highest BCUT2D eigenvalue weighted by Gasteiger charge is 2.01. The van der Waals surface area contributed by atoms with Crippen molar-refractivity contribution in [2.45, 2.75) is 13.8 Å².